The lowest BCUT2D eigenvalue weighted by Crippen LogP contribution is -2.11. The lowest BCUT2D eigenvalue weighted by atomic mass is 10.4. The molecular formula is C8H12N2O3S. The van der Waals surface area contributed by atoms with Crippen LogP contribution < -0.4 is 5.14 Å². The summed E-state index contributed by atoms with van der Waals surface area (Å²) < 4.78 is 23.9. The summed E-state index contributed by atoms with van der Waals surface area (Å²) in [6, 6.07) is 1.76. The third-order valence-electron chi connectivity index (χ3n) is 2.34. The van der Waals surface area contributed by atoms with E-state index in [4.69, 9.17) is 10.2 Å². The number of hydrogen-bond donors (Lipinski definition) is 2. The second kappa shape index (κ2) is 3.08. The van der Waals surface area contributed by atoms with E-state index in [1.807, 2.05) is 0 Å². The van der Waals surface area contributed by atoms with Gasteiger partial charge in [0.15, 0.2) is 0 Å². The zero-order valence-corrected chi connectivity index (χ0v) is 8.37. The van der Waals surface area contributed by atoms with Crippen molar-refractivity contribution in [2.45, 2.75) is 30.4 Å². The molecule has 1 aromatic heterocycles. The average Bonchev–Trinajstić information content (AvgIpc) is 2.82. The highest BCUT2D eigenvalue weighted by atomic mass is 32.2. The Balaban J connectivity index is 2.46. The molecule has 1 saturated carbocycles. The molecule has 1 aliphatic carbocycles. The Morgan fingerprint density at radius 2 is 2.21 bits per heavy atom. The van der Waals surface area contributed by atoms with Gasteiger partial charge in [-0.2, -0.15) is 0 Å². The zero-order chi connectivity index (χ0) is 10.3. The predicted molar refractivity (Wildman–Crippen MR) is 50.0 cm³/mol. The fourth-order valence-electron chi connectivity index (χ4n) is 1.47. The van der Waals surface area contributed by atoms with Crippen LogP contribution in [0.1, 0.15) is 24.6 Å². The number of nitrogens with zero attached hydrogens (tertiary/aromatic N) is 1. The highest BCUT2D eigenvalue weighted by Crippen LogP contribution is 2.37. The molecule has 0 bridgehead atoms. The van der Waals surface area contributed by atoms with E-state index < -0.39 is 10.0 Å². The quantitative estimate of drug-likeness (QED) is 0.743. The molecular weight excluding hydrogens is 204 g/mol. The van der Waals surface area contributed by atoms with Gasteiger partial charge in [0.1, 0.15) is 0 Å². The average molecular weight is 216 g/mol. The zero-order valence-electron chi connectivity index (χ0n) is 7.55. The fraction of sp³-hybridized carbons (Fsp3) is 0.500. The van der Waals surface area contributed by atoms with E-state index in [1.54, 1.807) is 4.57 Å². The van der Waals surface area contributed by atoms with Crippen molar-refractivity contribution in [2.24, 2.45) is 5.14 Å². The normalized spacial score (nSPS) is 17.3. The van der Waals surface area contributed by atoms with Crippen molar-refractivity contribution < 1.29 is 13.5 Å². The van der Waals surface area contributed by atoms with E-state index in [9.17, 15) is 8.42 Å². The number of hydrogen-bond acceptors (Lipinski definition) is 3. The smallest absolute Gasteiger partial charge is 0.239 e. The largest absolute Gasteiger partial charge is 0.390 e. The Kier molecular flexibility index (Phi) is 2.13. The molecule has 1 fully saturated rings. The van der Waals surface area contributed by atoms with Crippen molar-refractivity contribution in [1.82, 2.24) is 4.57 Å². The summed E-state index contributed by atoms with van der Waals surface area (Å²) in [6.45, 7) is -0.161. The third kappa shape index (κ3) is 1.68. The highest BCUT2D eigenvalue weighted by Gasteiger charge is 2.27. The van der Waals surface area contributed by atoms with Crippen LogP contribution in [0.15, 0.2) is 17.2 Å². The molecule has 0 aromatic carbocycles. The number of aliphatic hydroxyl groups excluding tert-OH is 1. The van der Waals surface area contributed by atoms with Crippen molar-refractivity contribution >= 4 is 10.0 Å². The van der Waals surface area contributed by atoms with Crippen LogP contribution in [0.2, 0.25) is 0 Å². The molecule has 1 aromatic rings. The number of aliphatic hydroxyl groups is 1. The first kappa shape index (κ1) is 9.70. The minimum atomic E-state index is -3.65. The van der Waals surface area contributed by atoms with Crippen LogP contribution in [0.3, 0.4) is 0 Å². The topological polar surface area (TPSA) is 85.3 Å². The number of sulfonamides is 1. The first-order chi connectivity index (χ1) is 6.52. The lowest BCUT2D eigenvalue weighted by molar-refractivity contribution is 0.270. The molecule has 0 unspecified atom stereocenters. The van der Waals surface area contributed by atoms with Gasteiger partial charge in [-0.25, -0.2) is 13.6 Å². The van der Waals surface area contributed by atoms with E-state index >= 15 is 0 Å². The molecule has 6 heteroatoms. The van der Waals surface area contributed by atoms with Gasteiger partial charge in [-0.05, 0) is 18.9 Å². The fourth-order valence-corrected chi connectivity index (χ4v) is 2.03. The van der Waals surface area contributed by atoms with Crippen LogP contribution in [0.4, 0.5) is 0 Å². The molecule has 5 nitrogen and oxygen atoms in total. The summed E-state index contributed by atoms with van der Waals surface area (Å²) in [7, 11) is -3.65. The molecule has 78 valence electrons. The third-order valence-corrected chi connectivity index (χ3v) is 3.22. The van der Waals surface area contributed by atoms with Crippen molar-refractivity contribution in [3.63, 3.8) is 0 Å². The summed E-state index contributed by atoms with van der Waals surface area (Å²) in [5.41, 5.74) is 0.608. The predicted octanol–water partition coefficient (Wildman–Crippen LogP) is -0.0373. The van der Waals surface area contributed by atoms with E-state index in [0.29, 0.717) is 11.7 Å². The number of rotatable bonds is 3. The number of primary sulfonamides is 1. The highest BCUT2D eigenvalue weighted by molar-refractivity contribution is 7.89. The molecule has 0 saturated heterocycles. The van der Waals surface area contributed by atoms with Crippen LogP contribution in [0.25, 0.3) is 0 Å². The van der Waals surface area contributed by atoms with Gasteiger partial charge in [0.05, 0.1) is 11.5 Å². The molecule has 3 N–H and O–H groups in total. The van der Waals surface area contributed by atoms with Crippen LogP contribution in [-0.4, -0.2) is 18.1 Å². The van der Waals surface area contributed by atoms with Gasteiger partial charge < -0.3 is 9.67 Å². The summed E-state index contributed by atoms with van der Waals surface area (Å²) in [5, 5.41) is 14.0. The maximum Gasteiger partial charge on any atom is 0.239 e. The maximum absolute atomic E-state index is 11.0. The molecule has 1 aliphatic rings. The monoisotopic (exact) mass is 216 g/mol. The summed E-state index contributed by atoms with van der Waals surface area (Å²) in [5.74, 6) is 0. The molecule has 2 rings (SSSR count). The molecule has 0 amide bonds. The van der Waals surface area contributed by atoms with Gasteiger partial charge in [0.2, 0.25) is 10.0 Å². The second-order valence-corrected chi connectivity index (χ2v) is 5.07. The summed E-state index contributed by atoms with van der Waals surface area (Å²) in [6.07, 6.45) is 3.57. The molecule has 0 atom stereocenters. The van der Waals surface area contributed by atoms with Gasteiger partial charge in [-0.1, -0.05) is 0 Å². The van der Waals surface area contributed by atoms with E-state index in [0.717, 1.165) is 12.8 Å². The van der Waals surface area contributed by atoms with E-state index in [-0.39, 0.29) is 11.5 Å². The Morgan fingerprint density at radius 1 is 1.57 bits per heavy atom. The number of aromatic nitrogens is 1. The number of nitrogens with two attached hydrogens (primary N) is 1. The van der Waals surface area contributed by atoms with Crippen LogP contribution in [-0.2, 0) is 16.6 Å². The van der Waals surface area contributed by atoms with Crippen molar-refractivity contribution in [3.05, 3.63) is 18.0 Å². The maximum atomic E-state index is 11.0. The van der Waals surface area contributed by atoms with Gasteiger partial charge in [0.25, 0.3) is 0 Å². The molecule has 0 radical (unpaired) electrons. The van der Waals surface area contributed by atoms with Gasteiger partial charge >= 0.3 is 0 Å². The molecule has 1 heterocycles. The van der Waals surface area contributed by atoms with Crippen molar-refractivity contribution in [3.8, 4) is 0 Å². The molecule has 0 spiro atoms. The summed E-state index contributed by atoms with van der Waals surface area (Å²) in [4.78, 5) is 0.0773. The van der Waals surface area contributed by atoms with Crippen molar-refractivity contribution in [1.29, 1.82) is 0 Å². The van der Waals surface area contributed by atoms with E-state index in [1.165, 1.54) is 12.3 Å². The van der Waals surface area contributed by atoms with Crippen LogP contribution in [0.5, 0.6) is 0 Å². The lowest BCUT2D eigenvalue weighted by Gasteiger charge is -2.02. The minimum Gasteiger partial charge on any atom is -0.390 e. The van der Waals surface area contributed by atoms with Crippen molar-refractivity contribution in [2.75, 3.05) is 0 Å². The standard InChI is InChI=1S/C8H12N2O3S/c9-14(12,13)8-3-7(5-11)10(4-8)6-1-2-6/h3-4,6,11H,1-2,5H2,(H2,9,12,13). The first-order valence-corrected chi connectivity index (χ1v) is 5.91. The molecule has 0 aliphatic heterocycles. The Bertz CT molecular complexity index is 445. The van der Waals surface area contributed by atoms with Crippen LogP contribution in [0, 0.1) is 0 Å². The molecule has 14 heavy (non-hydrogen) atoms. The second-order valence-electron chi connectivity index (χ2n) is 3.51. The first-order valence-electron chi connectivity index (χ1n) is 4.37. The van der Waals surface area contributed by atoms with Gasteiger partial charge in [-0.3, -0.25) is 0 Å². The van der Waals surface area contributed by atoms with Gasteiger partial charge in [-0.15, -0.1) is 0 Å². The van der Waals surface area contributed by atoms with Crippen LogP contribution >= 0.6 is 0 Å². The minimum absolute atomic E-state index is 0.0773. The van der Waals surface area contributed by atoms with E-state index in [2.05, 4.69) is 0 Å². The summed E-state index contributed by atoms with van der Waals surface area (Å²) >= 11 is 0. The van der Waals surface area contributed by atoms with Gasteiger partial charge in [0, 0.05) is 17.9 Å². The SMILES string of the molecule is NS(=O)(=O)c1cc(CO)n(C2CC2)c1. The Morgan fingerprint density at radius 3 is 2.64 bits per heavy atom. The Hall–Kier alpha value is -0.850. The Labute approximate surface area is 82.2 Å².